The van der Waals surface area contributed by atoms with E-state index < -0.39 is 11.7 Å². The summed E-state index contributed by atoms with van der Waals surface area (Å²) >= 11 is 0. The van der Waals surface area contributed by atoms with Crippen molar-refractivity contribution in [3.63, 3.8) is 0 Å². The monoisotopic (exact) mass is 225 g/mol. The lowest BCUT2D eigenvalue weighted by Gasteiger charge is -2.29. The van der Waals surface area contributed by atoms with Crippen LogP contribution in [0.25, 0.3) is 0 Å². The van der Waals surface area contributed by atoms with Gasteiger partial charge in [-0.15, -0.1) is 0 Å². The number of alkyl carbamates (subject to hydrolysis) is 1. The molecule has 0 spiro atoms. The van der Waals surface area contributed by atoms with Crippen molar-refractivity contribution in [2.45, 2.75) is 38.8 Å². The minimum Gasteiger partial charge on any atom is -0.444 e. The highest BCUT2D eigenvalue weighted by molar-refractivity contribution is 5.68. The van der Waals surface area contributed by atoms with Crippen LogP contribution in [0.2, 0.25) is 0 Å². The number of carbonyl (C=O) groups excluding carboxylic acids is 1. The third-order valence-corrected chi connectivity index (χ3v) is 2.35. The molecule has 1 amide bonds. The lowest BCUT2D eigenvalue weighted by molar-refractivity contribution is 0.0484. The smallest absolute Gasteiger partial charge is 0.407 e. The number of amides is 1. The molecule has 0 aliphatic carbocycles. The van der Waals surface area contributed by atoms with Gasteiger partial charge in [-0.3, -0.25) is 0 Å². The number of ether oxygens (including phenoxy) is 1. The van der Waals surface area contributed by atoms with E-state index in [9.17, 15) is 4.79 Å². The second-order valence-electron chi connectivity index (χ2n) is 4.98. The Bertz CT molecular complexity index is 291. The molecular formula is C11H19N3O2. The molecule has 1 aliphatic rings. The molecule has 90 valence electrons. The number of rotatable bonds is 1. The van der Waals surface area contributed by atoms with Crippen LogP contribution in [0.15, 0.2) is 0 Å². The minimum absolute atomic E-state index is 0.110. The van der Waals surface area contributed by atoms with E-state index in [-0.39, 0.29) is 12.0 Å². The first-order valence-corrected chi connectivity index (χ1v) is 5.52. The van der Waals surface area contributed by atoms with Crippen LogP contribution in [-0.2, 0) is 4.74 Å². The molecule has 0 bridgehead atoms. The Labute approximate surface area is 96.2 Å². The van der Waals surface area contributed by atoms with Gasteiger partial charge in [-0.25, -0.2) is 4.79 Å². The lowest BCUT2D eigenvalue weighted by Crippen LogP contribution is -2.50. The molecule has 2 atom stereocenters. The maximum absolute atomic E-state index is 11.5. The molecule has 0 saturated carbocycles. The maximum atomic E-state index is 11.5. The van der Waals surface area contributed by atoms with Crippen molar-refractivity contribution in [1.29, 1.82) is 5.26 Å². The van der Waals surface area contributed by atoms with Gasteiger partial charge >= 0.3 is 6.09 Å². The minimum atomic E-state index is -0.501. The summed E-state index contributed by atoms with van der Waals surface area (Å²) in [6.07, 6.45) is 0.317. The zero-order valence-electron chi connectivity index (χ0n) is 10.0. The SMILES string of the molecule is CC(C)(C)OC(=O)NC1CCNCC1C#N. The van der Waals surface area contributed by atoms with Gasteiger partial charge in [0, 0.05) is 6.54 Å². The summed E-state index contributed by atoms with van der Waals surface area (Å²) in [5.41, 5.74) is -0.501. The Morgan fingerprint density at radius 3 is 2.81 bits per heavy atom. The summed E-state index contributed by atoms with van der Waals surface area (Å²) in [6, 6.07) is 2.08. The van der Waals surface area contributed by atoms with Crippen LogP contribution < -0.4 is 10.6 Å². The molecular weight excluding hydrogens is 206 g/mol. The van der Waals surface area contributed by atoms with Crippen molar-refractivity contribution in [2.24, 2.45) is 5.92 Å². The molecule has 16 heavy (non-hydrogen) atoms. The fraction of sp³-hybridized carbons (Fsp3) is 0.818. The summed E-state index contributed by atoms with van der Waals surface area (Å²) in [5.74, 6) is -0.179. The highest BCUT2D eigenvalue weighted by atomic mass is 16.6. The molecule has 1 rings (SSSR count). The molecule has 5 nitrogen and oxygen atoms in total. The van der Waals surface area contributed by atoms with Crippen LogP contribution in [0, 0.1) is 17.2 Å². The maximum Gasteiger partial charge on any atom is 0.407 e. The number of carbonyl (C=O) groups is 1. The van der Waals surface area contributed by atoms with E-state index in [1.54, 1.807) is 0 Å². The predicted molar refractivity (Wildman–Crippen MR) is 59.7 cm³/mol. The van der Waals surface area contributed by atoms with Crippen LogP contribution in [-0.4, -0.2) is 30.8 Å². The number of hydrogen-bond acceptors (Lipinski definition) is 4. The van der Waals surface area contributed by atoms with E-state index in [4.69, 9.17) is 10.00 Å². The van der Waals surface area contributed by atoms with E-state index >= 15 is 0 Å². The van der Waals surface area contributed by atoms with Crippen LogP contribution in [0.3, 0.4) is 0 Å². The second kappa shape index (κ2) is 5.17. The summed E-state index contributed by atoms with van der Waals surface area (Å²) in [7, 11) is 0. The van der Waals surface area contributed by atoms with Crippen LogP contribution in [0.4, 0.5) is 4.79 Å². The zero-order chi connectivity index (χ0) is 12.2. The first-order valence-electron chi connectivity index (χ1n) is 5.52. The Hall–Kier alpha value is -1.28. The molecule has 1 aliphatic heterocycles. The van der Waals surface area contributed by atoms with Gasteiger partial charge in [0.05, 0.1) is 18.0 Å². The van der Waals surface area contributed by atoms with Gasteiger partial charge in [-0.1, -0.05) is 0 Å². The van der Waals surface area contributed by atoms with Crippen LogP contribution in [0.1, 0.15) is 27.2 Å². The fourth-order valence-electron chi connectivity index (χ4n) is 1.63. The van der Waals surface area contributed by atoms with Crippen LogP contribution >= 0.6 is 0 Å². The molecule has 1 fully saturated rings. The summed E-state index contributed by atoms with van der Waals surface area (Å²) < 4.78 is 5.15. The molecule has 0 aromatic carbocycles. The van der Waals surface area contributed by atoms with Crippen molar-refractivity contribution in [3.8, 4) is 6.07 Å². The molecule has 1 heterocycles. The Kier molecular flexibility index (Phi) is 4.13. The number of nitrogens with zero attached hydrogens (tertiary/aromatic N) is 1. The Morgan fingerprint density at radius 1 is 1.56 bits per heavy atom. The van der Waals surface area contributed by atoms with E-state index in [0.29, 0.717) is 6.54 Å². The van der Waals surface area contributed by atoms with Crippen molar-refractivity contribution in [1.82, 2.24) is 10.6 Å². The highest BCUT2D eigenvalue weighted by Gasteiger charge is 2.27. The van der Waals surface area contributed by atoms with Crippen molar-refractivity contribution in [2.75, 3.05) is 13.1 Å². The third-order valence-electron chi connectivity index (χ3n) is 2.35. The lowest BCUT2D eigenvalue weighted by atomic mass is 9.95. The third kappa shape index (κ3) is 4.07. The molecule has 2 N–H and O–H groups in total. The quantitative estimate of drug-likeness (QED) is 0.698. The zero-order valence-corrected chi connectivity index (χ0v) is 10.0. The fourth-order valence-corrected chi connectivity index (χ4v) is 1.63. The normalized spacial score (nSPS) is 25.6. The van der Waals surface area contributed by atoms with Crippen molar-refractivity contribution < 1.29 is 9.53 Å². The molecule has 1 saturated heterocycles. The Morgan fingerprint density at radius 2 is 2.25 bits per heavy atom. The number of piperidine rings is 1. The molecule has 0 radical (unpaired) electrons. The highest BCUT2D eigenvalue weighted by Crippen LogP contribution is 2.12. The summed E-state index contributed by atoms with van der Waals surface area (Å²) in [6.45, 7) is 6.89. The second-order valence-corrected chi connectivity index (χ2v) is 4.98. The number of hydrogen-bond donors (Lipinski definition) is 2. The van der Waals surface area contributed by atoms with E-state index in [2.05, 4.69) is 16.7 Å². The first kappa shape index (κ1) is 12.8. The summed E-state index contributed by atoms with van der Waals surface area (Å²) in [4.78, 5) is 11.5. The van der Waals surface area contributed by atoms with Gasteiger partial charge in [-0.05, 0) is 33.7 Å². The van der Waals surface area contributed by atoms with Gasteiger partial charge in [-0.2, -0.15) is 5.26 Å². The van der Waals surface area contributed by atoms with E-state index in [1.165, 1.54) is 0 Å². The molecule has 0 aromatic rings. The average Bonchev–Trinajstić information content (AvgIpc) is 2.15. The van der Waals surface area contributed by atoms with Gasteiger partial charge in [0.15, 0.2) is 0 Å². The van der Waals surface area contributed by atoms with Crippen molar-refractivity contribution >= 4 is 6.09 Å². The van der Waals surface area contributed by atoms with E-state index in [1.807, 2.05) is 20.8 Å². The van der Waals surface area contributed by atoms with Gasteiger partial charge < -0.3 is 15.4 Å². The Balaban J connectivity index is 2.46. The van der Waals surface area contributed by atoms with Crippen LogP contribution in [0.5, 0.6) is 0 Å². The first-order chi connectivity index (χ1) is 7.42. The van der Waals surface area contributed by atoms with Gasteiger partial charge in [0.25, 0.3) is 0 Å². The number of nitriles is 1. The molecule has 0 aromatic heterocycles. The summed E-state index contributed by atoms with van der Waals surface area (Å²) in [5, 5.41) is 14.8. The van der Waals surface area contributed by atoms with Gasteiger partial charge in [0.2, 0.25) is 0 Å². The van der Waals surface area contributed by atoms with Crippen molar-refractivity contribution in [3.05, 3.63) is 0 Å². The van der Waals surface area contributed by atoms with Gasteiger partial charge in [0.1, 0.15) is 5.60 Å². The predicted octanol–water partition coefficient (Wildman–Crippen LogP) is 1.01. The largest absolute Gasteiger partial charge is 0.444 e. The molecule has 2 unspecified atom stereocenters. The molecule has 5 heteroatoms. The average molecular weight is 225 g/mol. The number of nitrogens with one attached hydrogen (secondary N) is 2. The topological polar surface area (TPSA) is 74.2 Å². The van der Waals surface area contributed by atoms with E-state index in [0.717, 1.165) is 13.0 Å². The standard InChI is InChI=1S/C11H19N3O2/c1-11(2,3)16-10(15)14-9-4-5-13-7-8(9)6-12/h8-9,13H,4-5,7H2,1-3H3,(H,14,15).